The molecule has 0 saturated heterocycles. The van der Waals surface area contributed by atoms with E-state index in [0.29, 0.717) is 11.9 Å². The van der Waals surface area contributed by atoms with Gasteiger partial charge in [0, 0.05) is 12.2 Å². The molecule has 156 valence electrons. The van der Waals surface area contributed by atoms with Crippen LogP contribution in [0, 0.1) is 12.5 Å². The van der Waals surface area contributed by atoms with Crippen LogP contribution in [0.5, 0.6) is 17.6 Å². The van der Waals surface area contributed by atoms with Crippen molar-refractivity contribution in [3.8, 4) is 30.1 Å². The van der Waals surface area contributed by atoms with Gasteiger partial charge in [-0.05, 0) is 18.0 Å². The zero-order valence-corrected chi connectivity index (χ0v) is 16.4. The molecule has 0 fully saturated rings. The molecule has 9 nitrogen and oxygen atoms in total. The SMILES string of the molecule is C#CNn1c(OC)cc(OC)n/c1=N/CNSc1c(C(F)(F)F)ccnc1OC. The number of hydrogen-bond donors (Lipinski definition) is 2. The first-order valence-corrected chi connectivity index (χ1v) is 8.61. The summed E-state index contributed by atoms with van der Waals surface area (Å²) in [6.07, 6.45) is 1.71. The summed E-state index contributed by atoms with van der Waals surface area (Å²) in [4.78, 5) is 11.9. The average Bonchev–Trinajstić information content (AvgIpc) is 2.71. The summed E-state index contributed by atoms with van der Waals surface area (Å²) in [6.45, 7) is -0.129. The molecule has 0 unspecified atom stereocenters. The van der Waals surface area contributed by atoms with Crippen LogP contribution in [0.15, 0.2) is 28.2 Å². The van der Waals surface area contributed by atoms with Crippen LogP contribution in [0.4, 0.5) is 13.2 Å². The molecule has 2 aromatic rings. The number of ether oxygens (including phenoxy) is 3. The summed E-state index contributed by atoms with van der Waals surface area (Å²) in [5, 5.41) is 0. The number of aromatic nitrogens is 3. The molecule has 0 aliphatic carbocycles. The highest BCUT2D eigenvalue weighted by Crippen LogP contribution is 2.39. The van der Waals surface area contributed by atoms with Gasteiger partial charge in [0.05, 0.1) is 37.9 Å². The Morgan fingerprint density at radius 1 is 1.28 bits per heavy atom. The van der Waals surface area contributed by atoms with Crippen molar-refractivity contribution in [3.05, 3.63) is 29.5 Å². The number of methoxy groups -OCH3 is 3. The van der Waals surface area contributed by atoms with E-state index in [1.165, 1.54) is 32.1 Å². The maximum absolute atomic E-state index is 13.2. The van der Waals surface area contributed by atoms with Gasteiger partial charge in [-0.2, -0.15) is 22.8 Å². The van der Waals surface area contributed by atoms with Crippen molar-refractivity contribution >= 4 is 11.9 Å². The first-order chi connectivity index (χ1) is 13.8. The summed E-state index contributed by atoms with van der Waals surface area (Å²) >= 11 is 0.672. The van der Waals surface area contributed by atoms with E-state index in [9.17, 15) is 13.2 Å². The second-order valence-corrected chi connectivity index (χ2v) is 5.89. The van der Waals surface area contributed by atoms with E-state index in [1.807, 2.05) is 0 Å². The van der Waals surface area contributed by atoms with Gasteiger partial charge in [0.25, 0.3) is 5.62 Å². The first kappa shape index (κ1) is 22.2. The Labute approximate surface area is 168 Å². The van der Waals surface area contributed by atoms with E-state index in [4.69, 9.17) is 20.6 Å². The Morgan fingerprint density at radius 3 is 2.62 bits per heavy atom. The monoisotopic (exact) mass is 430 g/mol. The fraction of sp³-hybridized carbons (Fsp3) is 0.312. The van der Waals surface area contributed by atoms with Gasteiger partial charge in [0.2, 0.25) is 17.6 Å². The molecular formula is C16H17F3N6O3S. The molecule has 0 aliphatic rings. The van der Waals surface area contributed by atoms with Gasteiger partial charge in [-0.1, -0.05) is 6.42 Å². The van der Waals surface area contributed by atoms with Crippen molar-refractivity contribution in [2.24, 2.45) is 4.99 Å². The van der Waals surface area contributed by atoms with Crippen LogP contribution >= 0.6 is 11.9 Å². The summed E-state index contributed by atoms with van der Waals surface area (Å²) in [6, 6.07) is 4.55. The molecule has 13 heteroatoms. The topological polar surface area (TPSA) is 94.8 Å². The lowest BCUT2D eigenvalue weighted by atomic mass is 10.2. The van der Waals surface area contributed by atoms with Crippen LogP contribution in [0.25, 0.3) is 0 Å². The van der Waals surface area contributed by atoms with Crippen molar-refractivity contribution < 1.29 is 27.4 Å². The van der Waals surface area contributed by atoms with Crippen LogP contribution in [-0.4, -0.2) is 42.6 Å². The third-order valence-corrected chi connectivity index (χ3v) is 4.17. The number of halogens is 3. The average molecular weight is 430 g/mol. The highest BCUT2D eigenvalue weighted by Gasteiger charge is 2.35. The molecule has 0 saturated carbocycles. The van der Waals surface area contributed by atoms with E-state index >= 15 is 0 Å². The van der Waals surface area contributed by atoms with Gasteiger partial charge < -0.3 is 14.2 Å². The maximum atomic E-state index is 13.2. The standard InChI is InChI=1S/C16H17F3N6O3S/c1-5-22-25-12(27-3)8-11(26-2)24-15(25)21-9-23-29-13-10(16(17,18)19)6-7-20-14(13)28-4/h1,6-8,22-23H,9H2,2-4H3/b21-15-. The Bertz CT molecular complexity index is 958. The predicted molar refractivity (Wildman–Crippen MR) is 98.7 cm³/mol. The molecule has 0 bridgehead atoms. The molecule has 29 heavy (non-hydrogen) atoms. The van der Waals surface area contributed by atoms with Crippen molar-refractivity contribution in [1.82, 2.24) is 19.4 Å². The molecule has 2 heterocycles. The Kier molecular flexibility index (Phi) is 7.57. The summed E-state index contributed by atoms with van der Waals surface area (Å²) < 4.78 is 58.8. The van der Waals surface area contributed by atoms with Crippen LogP contribution in [0.1, 0.15) is 5.56 Å². The molecule has 0 aliphatic heterocycles. The van der Waals surface area contributed by atoms with Crippen LogP contribution in [-0.2, 0) is 6.18 Å². The molecule has 0 radical (unpaired) electrons. The fourth-order valence-corrected chi connectivity index (χ4v) is 2.87. The Morgan fingerprint density at radius 2 is 2.03 bits per heavy atom. The summed E-state index contributed by atoms with van der Waals surface area (Å²) in [5.41, 5.74) is 1.74. The third kappa shape index (κ3) is 5.46. The fourth-order valence-electron chi connectivity index (χ4n) is 2.08. The quantitative estimate of drug-likeness (QED) is 0.282. The predicted octanol–water partition coefficient (Wildman–Crippen LogP) is 1.61. The zero-order chi connectivity index (χ0) is 21.4. The number of alkyl halides is 3. The highest BCUT2D eigenvalue weighted by atomic mass is 32.2. The lowest BCUT2D eigenvalue weighted by molar-refractivity contribution is -0.140. The minimum absolute atomic E-state index is 0.0708. The summed E-state index contributed by atoms with van der Waals surface area (Å²) in [5.74, 6) is 0.300. The number of hydrogen-bond acceptors (Lipinski definition) is 9. The number of terminal acetylenes is 1. The molecule has 2 rings (SSSR count). The summed E-state index contributed by atoms with van der Waals surface area (Å²) in [7, 11) is 4.05. The number of nitrogens with one attached hydrogen (secondary N) is 2. The number of nitrogens with zero attached hydrogens (tertiary/aromatic N) is 4. The molecule has 2 aromatic heterocycles. The van der Waals surface area contributed by atoms with Crippen molar-refractivity contribution in [3.63, 3.8) is 0 Å². The normalized spacial score (nSPS) is 11.7. The molecule has 2 N–H and O–H groups in total. The van der Waals surface area contributed by atoms with Crippen molar-refractivity contribution in [2.45, 2.75) is 11.1 Å². The van der Waals surface area contributed by atoms with Crippen LogP contribution < -0.4 is 30.0 Å². The van der Waals surface area contributed by atoms with Gasteiger partial charge in [-0.3, -0.25) is 0 Å². The number of pyridine rings is 1. The molecule has 0 aromatic carbocycles. The van der Waals surface area contributed by atoms with Crippen molar-refractivity contribution in [2.75, 3.05) is 33.4 Å². The molecular weight excluding hydrogens is 413 g/mol. The van der Waals surface area contributed by atoms with Gasteiger partial charge in [0.1, 0.15) is 6.67 Å². The first-order valence-electron chi connectivity index (χ1n) is 7.79. The van der Waals surface area contributed by atoms with E-state index in [2.05, 4.69) is 31.2 Å². The zero-order valence-electron chi connectivity index (χ0n) is 15.6. The second-order valence-electron chi connectivity index (χ2n) is 4.99. The largest absolute Gasteiger partial charge is 0.481 e. The lowest BCUT2D eigenvalue weighted by Crippen LogP contribution is -2.32. The smallest absolute Gasteiger partial charge is 0.417 e. The minimum atomic E-state index is -4.57. The lowest BCUT2D eigenvalue weighted by Gasteiger charge is -2.14. The van der Waals surface area contributed by atoms with E-state index < -0.39 is 11.7 Å². The Hall–Kier alpha value is -3.11. The van der Waals surface area contributed by atoms with Crippen LogP contribution in [0.2, 0.25) is 0 Å². The van der Waals surface area contributed by atoms with E-state index in [1.54, 1.807) is 0 Å². The van der Waals surface area contributed by atoms with Gasteiger partial charge >= 0.3 is 6.18 Å². The highest BCUT2D eigenvalue weighted by molar-refractivity contribution is 7.97. The third-order valence-electron chi connectivity index (χ3n) is 3.30. The van der Waals surface area contributed by atoms with Crippen LogP contribution in [0.3, 0.4) is 0 Å². The molecule has 0 amide bonds. The number of rotatable bonds is 8. The van der Waals surface area contributed by atoms with Crippen molar-refractivity contribution in [1.29, 1.82) is 0 Å². The van der Waals surface area contributed by atoms with Gasteiger partial charge in [0.15, 0.2) is 0 Å². The van der Waals surface area contributed by atoms with E-state index in [-0.39, 0.29) is 34.8 Å². The van der Waals surface area contributed by atoms with E-state index in [0.717, 1.165) is 12.3 Å². The molecule has 0 spiro atoms. The minimum Gasteiger partial charge on any atom is -0.481 e. The maximum Gasteiger partial charge on any atom is 0.417 e. The Balaban J connectivity index is 2.29. The van der Waals surface area contributed by atoms with Gasteiger partial charge in [-0.25, -0.2) is 20.1 Å². The van der Waals surface area contributed by atoms with Gasteiger partial charge in [-0.15, -0.1) is 0 Å². The molecule has 0 atom stereocenters. The second kappa shape index (κ2) is 9.89.